The number of aryl methyl sites for hydroxylation is 1. The van der Waals surface area contributed by atoms with Crippen molar-refractivity contribution in [2.24, 2.45) is 0 Å². The van der Waals surface area contributed by atoms with Crippen LogP contribution in [-0.2, 0) is 0 Å². The maximum absolute atomic E-state index is 10.9. The van der Waals surface area contributed by atoms with Gasteiger partial charge in [0.05, 0.1) is 0 Å². The summed E-state index contributed by atoms with van der Waals surface area (Å²) >= 11 is 1.28. The zero-order valence-electron chi connectivity index (χ0n) is 8.10. The smallest absolute Gasteiger partial charge is 0.346 e. The highest BCUT2D eigenvalue weighted by atomic mass is 32.1. The molecule has 0 atom stereocenters. The Kier molecular flexibility index (Phi) is 2.51. The minimum atomic E-state index is -0.868. The van der Waals surface area contributed by atoms with Gasteiger partial charge in [0.25, 0.3) is 0 Å². The largest absolute Gasteiger partial charge is 0.477 e. The van der Waals surface area contributed by atoms with E-state index in [1.165, 1.54) is 11.3 Å². The number of nitrogens with zero attached hydrogens (tertiary/aromatic N) is 1. The van der Waals surface area contributed by atoms with Gasteiger partial charge in [-0.3, -0.25) is 4.98 Å². The van der Waals surface area contributed by atoms with Crippen LogP contribution in [-0.4, -0.2) is 16.1 Å². The van der Waals surface area contributed by atoms with Crippen molar-refractivity contribution in [2.45, 2.75) is 6.92 Å². The minimum Gasteiger partial charge on any atom is -0.477 e. The Labute approximate surface area is 91.0 Å². The number of pyridine rings is 1. The monoisotopic (exact) mass is 219 g/mol. The van der Waals surface area contributed by atoms with E-state index in [2.05, 4.69) is 4.98 Å². The van der Waals surface area contributed by atoms with E-state index in [9.17, 15) is 4.79 Å². The van der Waals surface area contributed by atoms with Crippen LogP contribution >= 0.6 is 11.3 Å². The van der Waals surface area contributed by atoms with Crippen LogP contribution in [0.1, 0.15) is 15.2 Å². The van der Waals surface area contributed by atoms with E-state index in [0.717, 1.165) is 16.0 Å². The molecule has 0 amide bonds. The number of aromatic nitrogens is 1. The number of carboxylic acids is 1. The van der Waals surface area contributed by atoms with Gasteiger partial charge < -0.3 is 5.11 Å². The van der Waals surface area contributed by atoms with Crippen molar-refractivity contribution in [3.05, 3.63) is 41.0 Å². The molecule has 0 radical (unpaired) electrons. The third-order valence-corrected chi connectivity index (χ3v) is 3.33. The van der Waals surface area contributed by atoms with Crippen LogP contribution in [0.4, 0.5) is 0 Å². The number of thiophene rings is 1. The van der Waals surface area contributed by atoms with Gasteiger partial charge in [-0.1, -0.05) is 6.07 Å². The Bertz CT molecular complexity index is 491. The molecule has 0 fully saturated rings. The molecule has 0 aromatic carbocycles. The molecular weight excluding hydrogens is 210 g/mol. The fourth-order valence-corrected chi connectivity index (χ4v) is 2.35. The highest BCUT2D eigenvalue weighted by molar-refractivity contribution is 7.17. The summed E-state index contributed by atoms with van der Waals surface area (Å²) in [5.74, 6) is -0.868. The number of rotatable bonds is 2. The fraction of sp³-hybridized carbons (Fsp3) is 0.0909. The second-order valence-corrected chi connectivity index (χ2v) is 4.22. The van der Waals surface area contributed by atoms with E-state index in [-0.39, 0.29) is 0 Å². The average molecular weight is 219 g/mol. The van der Waals surface area contributed by atoms with Gasteiger partial charge in [0, 0.05) is 22.8 Å². The van der Waals surface area contributed by atoms with E-state index < -0.39 is 5.97 Å². The van der Waals surface area contributed by atoms with Crippen molar-refractivity contribution in [2.75, 3.05) is 0 Å². The zero-order chi connectivity index (χ0) is 10.8. The normalized spacial score (nSPS) is 10.2. The zero-order valence-corrected chi connectivity index (χ0v) is 8.91. The van der Waals surface area contributed by atoms with Gasteiger partial charge in [-0.2, -0.15) is 0 Å². The van der Waals surface area contributed by atoms with Crippen LogP contribution in [0, 0.1) is 6.92 Å². The Morgan fingerprint density at radius 3 is 2.87 bits per heavy atom. The van der Waals surface area contributed by atoms with Crippen LogP contribution in [0.25, 0.3) is 10.4 Å². The summed E-state index contributed by atoms with van der Waals surface area (Å²) in [7, 11) is 0. The molecule has 2 aromatic heterocycles. The molecule has 0 unspecified atom stereocenters. The summed E-state index contributed by atoms with van der Waals surface area (Å²) in [4.78, 5) is 16.2. The SMILES string of the molecule is Cc1cc(-c2cccnc2)sc1C(=O)O. The van der Waals surface area contributed by atoms with E-state index in [1.54, 1.807) is 19.3 Å². The summed E-state index contributed by atoms with van der Waals surface area (Å²) in [6.45, 7) is 1.81. The molecule has 3 nitrogen and oxygen atoms in total. The number of carboxylic acid groups (broad SMARTS) is 1. The molecule has 0 spiro atoms. The lowest BCUT2D eigenvalue weighted by atomic mass is 10.2. The Morgan fingerprint density at radius 1 is 1.53 bits per heavy atom. The lowest BCUT2D eigenvalue weighted by Gasteiger charge is -1.93. The second kappa shape index (κ2) is 3.82. The molecule has 2 heterocycles. The topological polar surface area (TPSA) is 50.2 Å². The molecule has 76 valence electrons. The first-order valence-electron chi connectivity index (χ1n) is 4.42. The highest BCUT2D eigenvalue weighted by Crippen LogP contribution is 2.30. The molecule has 2 rings (SSSR count). The maximum atomic E-state index is 10.9. The molecule has 0 saturated carbocycles. The van der Waals surface area contributed by atoms with Gasteiger partial charge in [-0.25, -0.2) is 4.79 Å². The second-order valence-electron chi connectivity index (χ2n) is 3.17. The third-order valence-electron chi connectivity index (χ3n) is 2.06. The molecule has 4 heteroatoms. The lowest BCUT2D eigenvalue weighted by molar-refractivity contribution is 0.0701. The van der Waals surface area contributed by atoms with Crippen LogP contribution in [0.5, 0.6) is 0 Å². The van der Waals surface area contributed by atoms with Gasteiger partial charge in [-0.05, 0) is 24.6 Å². The molecule has 0 aliphatic carbocycles. The summed E-state index contributed by atoms with van der Waals surface area (Å²) < 4.78 is 0. The predicted octanol–water partition coefficient (Wildman–Crippen LogP) is 2.82. The van der Waals surface area contributed by atoms with E-state index >= 15 is 0 Å². The predicted molar refractivity (Wildman–Crippen MR) is 59.2 cm³/mol. The number of carbonyl (C=O) groups is 1. The van der Waals surface area contributed by atoms with E-state index in [0.29, 0.717) is 4.88 Å². The molecule has 1 N–H and O–H groups in total. The molecule has 0 saturated heterocycles. The van der Waals surface area contributed by atoms with Crippen LogP contribution in [0.15, 0.2) is 30.6 Å². The quantitative estimate of drug-likeness (QED) is 0.844. The van der Waals surface area contributed by atoms with Crippen molar-refractivity contribution in [3.8, 4) is 10.4 Å². The van der Waals surface area contributed by atoms with Gasteiger partial charge in [0.1, 0.15) is 4.88 Å². The van der Waals surface area contributed by atoms with Crippen LogP contribution in [0.2, 0.25) is 0 Å². The Balaban J connectivity index is 2.48. The highest BCUT2D eigenvalue weighted by Gasteiger charge is 2.12. The van der Waals surface area contributed by atoms with Crippen molar-refractivity contribution in [3.63, 3.8) is 0 Å². The molecule has 0 aliphatic heterocycles. The third kappa shape index (κ3) is 1.89. The average Bonchev–Trinajstić information content (AvgIpc) is 2.62. The first-order chi connectivity index (χ1) is 7.18. The summed E-state index contributed by atoms with van der Waals surface area (Å²) in [5.41, 5.74) is 1.75. The van der Waals surface area contributed by atoms with Crippen molar-refractivity contribution >= 4 is 17.3 Å². The van der Waals surface area contributed by atoms with Gasteiger partial charge >= 0.3 is 5.97 Å². The molecule has 15 heavy (non-hydrogen) atoms. The number of hydrogen-bond donors (Lipinski definition) is 1. The van der Waals surface area contributed by atoms with E-state index in [4.69, 9.17) is 5.11 Å². The van der Waals surface area contributed by atoms with E-state index in [1.807, 2.05) is 18.2 Å². The summed E-state index contributed by atoms with van der Waals surface area (Å²) in [6.07, 6.45) is 3.43. The maximum Gasteiger partial charge on any atom is 0.346 e. The molecule has 2 aromatic rings. The fourth-order valence-electron chi connectivity index (χ4n) is 1.35. The van der Waals surface area contributed by atoms with Gasteiger partial charge in [0.2, 0.25) is 0 Å². The number of aromatic carboxylic acids is 1. The Morgan fingerprint density at radius 2 is 2.33 bits per heavy atom. The van der Waals surface area contributed by atoms with Crippen LogP contribution < -0.4 is 0 Å². The lowest BCUT2D eigenvalue weighted by Crippen LogP contribution is -1.93. The van der Waals surface area contributed by atoms with Gasteiger partial charge in [-0.15, -0.1) is 11.3 Å². The minimum absolute atomic E-state index is 0.397. The first-order valence-corrected chi connectivity index (χ1v) is 5.24. The van der Waals surface area contributed by atoms with Gasteiger partial charge in [0.15, 0.2) is 0 Å². The molecule has 0 bridgehead atoms. The molecular formula is C11H9NO2S. The first kappa shape index (κ1) is 9.86. The Hall–Kier alpha value is -1.68. The van der Waals surface area contributed by atoms with Crippen molar-refractivity contribution in [1.29, 1.82) is 0 Å². The van der Waals surface area contributed by atoms with Crippen LogP contribution in [0.3, 0.4) is 0 Å². The number of hydrogen-bond acceptors (Lipinski definition) is 3. The molecule has 0 aliphatic rings. The summed E-state index contributed by atoms with van der Waals surface area (Å²) in [5, 5.41) is 8.92. The van der Waals surface area contributed by atoms with Crippen molar-refractivity contribution < 1.29 is 9.90 Å². The summed E-state index contributed by atoms with van der Waals surface area (Å²) in [6, 6.07) is 5.64. The van der Waals surface area contributed by atoms with Crippen molar-refractivity contribution in [1.82, 2.24) is 4.98 Å². The standard InChI is InChI=1S/C11H9NO2S/c1-7-5-9(15-10(7)11(13)14)8-3-2-4-12-6-8/h2-6H,1H3,(H,13,14).